The number of hydrogen-bond acceptors (Lipinski definition) is 2. The first-order valence-electron chi connectivity index (χ1n) is 6.46. The molecule has 0 aliphatic carbocycles. The minimum Gasteiger partial charge on any atom is -0.317 e. The summed E-state index contributed by atoms with van der Waals surface area (Å²) in [4.78, 5) is 2.57. The topological polar surface area (TPSA) is 15.3 Å². The largest absolute Gasteiger partial charge is 0.317 e. The summed E-state index contributed by atoms with van der Waals surface area (Å²) in [7, 11) is 2.29. The van der Waals surface area contributed by atoms with E-state index in [2.05, 4.69) is 38.0 Å². The van der Waals surface area contributed by atoms with Gasteiger partial charge in [0.05, 0.1) is 0 Å². The second-order valence-corrected chi connectivity index (χ2v) is 5.73. The van der Waals surface area contributed by atoms with Gasteiger partial charge in [-0.05, 0) is 51.4 Å². The highest BCUT2D eigenvalue weighted by Gasteiger charge is 2.20. The van der Waals surface area contributed by atoms with Gasteiger partial charge in [0.25, 0.3) is 0 Å². The molecule has 0 saturated carbocycles. The Balaban J connectivity index is 2.25. The molecule has 0 aromatic heterocycles. The van der Waals surface area contributed by atoms with Crippen LogP contribution in [0, 0.1) is 5.41 Å². The summed E-state index contributed by atoms with van der Waals surface area (Å²) in [5.41, 5.74) is 0.515. The molecule has 0 aromatic rings. The number of piperidine rings is 1. The Kier molecular flexibility index (Phi) is 5.07. The Bertz CT molecular complexity index is 171. The zero-order chi connectivity index (χ0) is 11.3. The minimum absolute atomic E-state index is 0.515. The molecule has 0 amide bonds. The standard InChI is InChI=1S/C13H28N2/c1-5-13(2,3)8-11-15(4)12-6-9-14-10-7-12/h12,14H,5-11H2,1-4H3. The lowest BCUT2D eigenvalue weighted by Gasteiger charge is -2.34. The molecule has 1 aliphatic rings. The van der Waals surface area contributed by atoms with Crippen LogP contribution in [0.15, 0.2) is 0 Å². The van der Waals surface area contributed by atoms with Crippen molar-refractivity contribution in [2.24, 2.45) is 5.41 Å². The van der Waals surface area contributed by atoms with Gasteiger partial charge in [-0.2, -0.15) is 0 Å². The molecule has 90 valence electrons. The Morgan fingerprint density at radius 2 is 1.87 bits per heavy atom. The Morgan fingerprint density at radius 1 is 1.27 bits per heavy atom. The highest BCUT2D eigenvalue weighted by Crippen LogP contribution is 2.25. The second-order valence-electron chi connectivity index (χ2n) is 5.73. The molecule has 1 aliphatic heterocycles. The van der Waals surface area contributed by atoms with Gasteiger partial charge in [0, 0.05) is 6.04 Å². The van der Waals surface area contributed by atoms with Crippen molar-refractivity contribution < 1.29 is 0 Å². The molecule has 0 bridgehead atoms. The van der Waals surface area contributed by atoms with Gasteiger partial charge in [-0.1, -0.05) is 27.2 Å². The Morgan fingerprint density at radius 3 is 2.40 bits per heavy atom. The van der Waals surface area contributed by atoms with Crippen molar-refractivity contribution in [3.8, 4) is 0 Å². The zero-order valence-corrected chi connectivity index (χ0v) is 11.0. The molecule has 0 atom stereocenters. The fraction of sp³-hybridized carbons (Fsp3) is 1.00. The van der Waals surface area contributed by atoms with E-state index in [9.17, 15) is 0 Å². The fourth-order valence-electron chi connectivity index (χ4n) is 2.09. The van der Waals surface area contributed by atoms with Crippen molar-refractivity contribution in [2.75, 3.05) is 26.7 Å². The molecule has 1 saturated heterocycles. The molecule has 1 rings (SSSR count). The third kappa shape index (κ3) is 4.52. The predicted octanol–water partition coefficient (Wildman–Crippen LogP) is 2.50. The lowest BCUT2D eigenvalue weighted by atomic mass is 9.86. The number of nitrogens with zero attached hydrogens (tertiary/aromatic N) is 1. The number of rotatable bonds is 5. The molecule has 0 aromatic carbocycles. The van der Waals surface area contributed by atoms with Gasteiger partial charge in [-0.15, -0.1) is 0 Å². The molecular formula is C13H28N2. The number of hydrogen-bond donors (Lipinski definition) is 1. The molecule has 2 heteroatoms. The van der Waals surface area contributed by atoms with Crippen molar-refractivity contribution in [3.05, 3.63) is 0 Å². The molecule has 0 radical (unpaired) electrons. The van der Waals surface area contributed by atoms with E-state index in [1.54, 1.807) is 0 Å². The summed E-state index contributed by atoms with van der Waals surface area (Å²) in [6.07, 6.45) is 5.25. The average molecular weight is 212 g/mol. The monoisotopic (exact) mass is 212 g/mol. The van der Waals surface area contributed by atoms with Gasteiger partial charge in [0.15, 0.2) is 0 Å². The van der Waals surface area contributed by atoms with Gasteiger partial charge in [-0.3, -0.25) is 0 Å². The van der Waals surface area contributed by atoms with Crippen LogP contribution in [0.3, 0.4) is 0 Å². The van der Waals surface area contributed by atoms with E-state index in [4.69, 9.17) is 0 Å². The van der Waals surface area contributed by atoms with Crippen molar-refractivity contribution in [2.45, 2.75) is 52.5 Å². The molecular weight excluding hydrogens is 184 g/mol. The van der Waals surface area contributed by atoms with Crippen LogP contribution < -0.4 is 5.32 Å². The maximum Gasteiger partial charge on any atom is 0.0116 e. The summed E-state index contributed by atoms with van der Waals surface area (Å²) < 4.78 is 0. The van der Waals surface area contributed by atoms with Gasteiger partial charge in [0.2, 0.25) is 0 Å². The van der Waals surface area contributed by atoms with Crippen LogP contribution in [-0.2, 0) is 0 Å². The summed E-state index contributed by atoms with van der Waals surface area (Å²) in [5.74, 6) is 0. The van der Waals surface area contributed by atoms with E-state index in [-0.39, 0.29) is 0 Å². The maximum atomic E-state index is 3.43. The molecule has 0 unspecified atom stereocenters. The van der Waals surface area contributed by atoms with E-state index in [0.29, 0.717) is 5.41 Å². The predicted molar refractivity (Wildman–Crippen MR) is 67.2 cm³/mol. The Hall–Kier alpha value is -0.0800. The van der Waals surface area contributed by atoms with E-state index >= 15 is 0 Å². The van der Waals surface area contributed by atoms with Crippen LogP contribution in [0.25, 0.3) is 0 Å². The summed E-state index contributed by atoms with van der Waals surface area (Å²) in [6.45, 7) is 10.7. The van der Waals surface area contributed by atoms with E-state index in [0.717, 1.165) is 6.04 Å². The first-order valence-corrected chi connectivity index (χ1v) is 6.46. The van der Waals surface area contributed by atoms with Crippen LogP contribution >= 0.6 is 0 Å². The van der Waals surface area contributed by atoms with Crippen LogP contribution in [0.2, 0.25) is 0 Å². The van der Waals surface area contributed by atoms with Crippen LogP contribution in [0.4, 0.5) is 0 Å². The molecule has 1 fully saturated rings. The first kappa shape index (κ1) is 13.0. The van der Waals surface area contributed by atoms with Crippen molar-refractivity contribution in [1.29, 1.82) is 0 Å². The lowest BCUT2D eigenvalue weighted by Crippen LogP contribution is -2.42. The quantitative estimate of drug-likeness (QED) is 0.753. The SMILES string of the molecule is CCC(C)(C)CCN(C)C1CCNCC1. The first-order chi connectivity index (χ1) is 7.05. The van der Waals surface area contributed by atoms with E-state index in [1.165, 1.54) is 45.3 Å². The van der Waals surface area contributed by atoms with Crippen molar-refractivity contribution >= 4 is 0 Å². The summed E-state index contributed by atoms with van der Waals surface area (Å²) in [5, 5.41) is 3.43. The van der Waals surface area contributed by atoms with Gasteiger partial charge < -0.3 is 10.2 Å². The maximum absolute atomic E-state index is 3.43. The van der Waals surface area contributed by atoms with E-state index in [1.807, 2.05) is 0 Å². The second kappa shape index (κ2) is 5.86. The zero-order valence-electron chi connectivity index (χ0n) is 11.0. The third-order valence-corrected chi connectivity index (χ3v) is 4.03. The molecule has 1 heterocycles. The normalized spacial score (nSPS) is 19.8. The van der Waals surface area contributed by atoms with Crippen LogP contribution in [0.5, 0.6) is 0 Å². The molecule has 15 heavy (non-hydrogen) atoms. The smallest absolute Gasteiger partial charge is 0.0116 e. The fourth-order valence-corrected chi connectivity index (χ4v) is 2.09. The third-order valence-electron chi connectivity index (χ3n) is 4.03. The van der Waals surface area contributed by atoms with Crippen LogP contribution in [0.1, 0.15) is 46.5 Å². The Labute approximate surface area is 95.4 Å². The van der Waals surface area contributed by atoms with Crippen molar-refractivity contribution in [3.63, 3.8) is 0 Å². The molecule has 0 spiro atoms. The van der Waals surface area contributed by atoms with Gasteiger partial charge in [0.1, 0.15) is 0 Å². The summed E-state index contributed by atoms with van der Waals surface area (Å²) >= 11 is 0. The van der Waals surface area contributed by atoms with Gasteiger partial charge >= 0.3 is 0 Å². The highest BCUT2D eigenvalue weighted by molar-refractivity contribution is 4.77. The summed E-state index contributed by atoms with van der Waals surface area (Å²) in [6, 6.07) is 0.818. The minimum atomic E-state index is 0.515. The highest BCUT2D eigenvalue weighted by atomic mass is 15.1. The van der Waals surface area contributed by atoms with E-state index < -0.39 is 0 Å². The molecule has 1 N–H and O–H groups in total. The lowest BCUT2D eigenvalue weighted by molar-refractivity contribution is 0.168. The van der Waals surface area contributed by atoms with Crippen LogP contribution in [-0.4, -0.2) is 37.6 Å². The van der Waals surface area contributed by atoms with Crippen molar-refractivity contribution in [1.82, 2.24) is 10.2 Å². The number of nitrogens with one attached hydrogen (secondary N) is 1. The molecule has 2 nitrogen and oxygen atoms in total. The van der Waals surface area contributed by atoms with Gasteiger partial charge in [-0.25, -0.2) is 0 Å². The average Bonchev–Trinajstić information content (AvgIpc) is 2.27.